The van der Waals surface area contributed by atoms with Gasteiger partial charge in [-0.1, -0.05) is 129 Å². The SMILES string of the molecule is CCCCCCCCCCCCC(CCCCCCCCCC)CN1C(=O)c2cc(-c3ccc(C#N)s3)c(C=O)c3c(C=O)cc(-c4ccc(C#N)s4)c(c23)C1=O. The minimum atomic E-state index is -0.437. The molecule has 57 heavy (non-hydrogen) atoms. The fourth-order valence-electron chi connectivity index (χ4n) is 8.39. The third-order valence-electron chi connectivity index (χ3n) is 11.5. The van der Waals surface area contributed by atoms with Gasteiger partial charge in [0.1, 0.15) is 21.9 Å². The van der Waals surface area contributed by atoms with Crippen molar-refractivity contribution in [3.05, 3.63) is 68.4 Å². The summed E-state index contributed by atoms with van der Waals surface area (Å²) in [6.45, 7) is 4.77. The minimum Gasteiger partial charge on any atom is -0.298 e. The molecule has 2 amide bonds. The van der Waals surface area contributed by atoms with Crippen LogP contribution in [-0.4, -0.2) is 35.8 Å². The van der Waals surface area contributed by atoms with Gasteiger partial charge in [0.25, 0.3) is 11.8 Å². The molecule has 0 fully saturated rings. The Labute approximate surface area is 347 Å². The fraction of sp³-hybridized carbons (Fsp3) is 0.500. The van der Waals surface area contributed by atoms with Crippen molar-refractivity contribution in [1.29, 1.82) is 10.5 Å². The Morgan fingerprint density at radius 3 is 1.54 bits per heavy atom. The van der Waals surface area contributed by atoms with Gasteiger partial charge < -0.3 is 0 Å². The van der Waals surface area contributed by atoms with E-state index in [9.17, 15) is 29.7 Å². The predicted molar refractivity (Wildman–Crippen MR) is 233 cm³/mol. The number of amides is 2. The highest BCUT2D eigenvalue weighted by Gasteiger charge is 2.38. The van der Waals surface area contributed by atoms with E-state index in [0.717, 1.165) is 38.5 Å². The number of thiophene rings is 2. The highest BCUT2D eigenvalue weighted by Crippen LogP contribution is 2.45. The van der Waals surface area contributed by atoms with Gasteiger partial charge in [-0.25, -0.2) is 0 Å². The fourth-order valence-corrected chi connectivity index (χ4v) is 10.1. The zero-order valence-electron chi connectivity index (χ0n) is 33.8. The minimum absolute atomic E-state index is 0.137. The second-order valence-electron chi connectivity index (χ2n) is 15.6. The molecule has 1 unspecified atom stereocenters. The first-order valence-electron chi connectivity index (χ1n) is 21.3. The van der Waals surface area contributed by atoms with Gasteiger partial charge in [-0.05, 0) is 55.2 Å². The lowest BCUT2D eigenvalue weighted by Crippen LogP contribution is -2.43. The normalized spacial score (nSPS) is 12.9. The molecule has 0 bridgehead atoms. The molecule has 0 spiro atoms. The zero-order chi connectivity index (χ0) is 40.6. The van der Waals surface area contributed by atoms with Crippen LogP contribution in [0.1, 0.15) is 193 Å². The summed E-state index contributed by atoms with van der Waals surface area (Å²) in [6.07, 6.45) is 25.3. The Bertz CT molecular complexity index is 2100. The molecule has 0 aliphatic carbocycles. The number of hydrogen-bond donors (Lipinski definition) is 0. The number of nitrogens with zero attached hydrogens (tertiary/aromatic N) is 3. The predicted octanol–water partition coefficient (Wildman–Crippen LogP) is 13.7. The average Bonchev–Trinajstić information content (AvgIpc) is 3.92. The second-order valence-corrected chi connectivity index (χ2v) is 17.8. The number of aldehydes is 2. The molecule has 1 aliphatic heterocycles. The van der Waals surface area contributed by atoms with Crippen LogP contribution in [-0.2, 0) is 0 Å². The Kier molecular flexibility index (Phi) is 17.2. The maximum atomic E-state index is 14.9. The molecule has 1 atom stereocenters. The van der Waals surface area contributed by atoms with E-state index in [4.69, 9.17) is 0 Å². The van der Waals surface area contributed by atoms with Crippen LogP contribution in [0.25, 0.3) is 31.7 Å². The number of hydrogen-bond acceptors (Lipinski definition) is 8. The lowest BCUT2D eigenvalue weighted by Gasteiger charge is -2.32. The Hall–Kier alpha value is -4.44. The van der Waals surface area contributed by atoms with Crippen LogP contribution in [0.2, 0.25) is 0 Å². The van der Waals surface area contributed by atoms with Crippen molar-refractivity contribution in [2.45, 2.75) is 142 Å². The number of carbonyl (C=O) groups is 4. The molecule has 4 aromatic rings. The molecule has 3 heterocycles. The molecule has 0 N–H and O–H groups in total. The lowest BCUT2D eigenvalue weighted by atomic mass is 9.83. The lowest BCUT2D eigenvalue weighted by molar-refractivity contribution is 0.0577. The van der Waals surface area contributed by atoms with Gasteiger partial charge in [0.05, 0.1) is 5.56 Å². The van der Waals surface area contributed by atoms with Gasteiger partial charge in [-0.2, -0.15) is 10.5 Å². The molecule has 0 saturated heterocycles. The molecular formula is C48H57N3O4S2. The van der Waals surface area contributed by atoms with Crippen LogP contribution in [0, 0.1) is 28.6 Å². The summed E-state index contributed by atoms with van der Waals surface area (Å²) in [5.41, 5.74) is 1.84. The molecule has 7 nitrogen and oxygen atoms in total. The van der Waals surface area contributed by atoms with Crippen LogP contribution in [0.15, 0.2) is 36.4 Å². The molecule has 5 rings (SSSR count). The van der Waals surface area contributed by atoms with Gasteiger partial charge in [-0.15, -0.1) is 22.7 Å². The highest BCUT2D eigenvalue weighted by atomic mass is 32.1. The molecule has 2 aromatic heterocycles. The number of imide groups is 1. The summed E-state index contributed by atoms with van der Waals surface area (Å²) >= 11 is 2.43. The number of unbranched alkanes of at least 4 members (excludes halogenated alkanes) is 16. The van der Waals surface area contributed by atoms with E-state index in [-0.39, 0.29) is 40.1 Å². The van der Waals surface area contributed by atoms with E-state index in [2.05, 4.69) is 26.0 Å². The maximum absolute atomic E-state index is 14.9. The summed E-state index contributed by atoms with van der Waals surface area (Å²) in [4.78, 5) is 59.0. The van der Waals surface area contributed by atoms with Gasteiger partial charge in [-0.3, -0.25) is 24.1 Å². The second kappa shape index (κ2) is 22.5. The van der Waals surface area contributed by atoms with Crippen molar-refractivity contribution in [2.24, 2.45) is 5.92 Å². The van der Waals surface area contributed by atoms with Crippen molar-refractivity contribution in [1.82, 2.24) is 4.90 Å². The van der Waals surface area contributed by atoms with Gasteiger partial charge in [0, 0.05) is 54.9 Å². The quantitative estimate of drug-likeness (QED) is 0.0354. The average molecular weight is 804 g/mol. The Balaban J connectivity index is 1.48. The summed E-state index contributed by atoms with van der Waals surface area (Å²) in [6, 6.07) is 14.5. The first kappa shape index (κ1) is 43.7. The highest BCUT2D eigenvalue weighted by molar-refractivity contribution is 7.16. The molecule has 9 heteroatoms. The van der Waals surface area contributed by atoms with Crippen LogP contribution >= 0.6 is 22.7 Å². The summed E-state index contributed by atoms with van der Waals surface area (Å²) in [5, 5.41) is 19.8. The molecular weight excluding hydrogens is 747 g/mol. The van der Waals surface area contributed by atoms with Crippen LogP contribution < -0.4 is 0 Å². The van der Waals surface area contributed by atoms with Crippen LogP contribution in [0.5, 0.6) is 0 Å². The van der Waals surface area contributed by atoms with Crippen molar-refractivity contribution in [3.8, 4) is 33.0 Å². The molecule has 2 aromatic carbocycles. The third kappa shape index (κ3) is 10.9. The first-order valence-corrected chi connectivity index (χ1v) is 23.0. The molecule has 300 valence electrons. The van der Waals surface area contributed by atoms with Crippen molar-refractivity contribution < 1.29 is 19.2 Å². The van der Waals surface area contributed by atoms with Gasteiger partial charge in [0.2, 0.25) is 0 Å². The number of nitriles is 2. The van der Waals surface area contributed by atoms with Crippen molar-refractivity contribution in [2.75, 3.05) is 6.54 Å². The zero-order valence-corrected chi connectivity index (χ0v) is 35.5. The number of rotatable bonds is 26. The molecule has 0 radical (unpaired) electrons. The van der Waals surface area contributed by atoms with E-state index in [1.807, 2.05) is 0 Å². The Morgan fingerprint density at radius 2 is 1.09 bits per heavy atom. The monoisotopic (exact) mass is 803 g/mol. The van der Waals surface area contributed by atoms with Crippen molar-refractivity contribution >= 4 is 57.8 Å². The Morgan fingerprint density at radius 1 is 0.596 bits per heavy atom. The van der Waals surface area contributed by atoms with E-state index in [0.29, 0.717) is 48.6 Å². The van der Waals surface area contributed by atoms with E-state index < -0.39 is 11.8 Å². The van der Waals surface area contributed by atoms with Gasteiger partial charge >= 0.3 is 0 Å². The van der Waals surface area contributed by atoms with Crippen LogP contribution in [0.4, 0.5) is 0 Å². The van der Waals surface area contributed by atoms with Gasteiger partial charge in [0.15, 0.2) is 12.6 Å². The first-order chi connectivity index (χ1) is 27.9. The third-order valence-corrected chi connectivity index (χ3v) is 13.5. The van der Waals surface area contributed by atoms with Crippen molar-refractivity contribution in [3.63, 3.8) is 0 Å². The summed E-state index contributed by atoms with van der Waals surface area (Å²) in [5.74, 6) is -0.735. The van der Waals surface area contributed by atoms with E-state index >= 15 is 0 Å². The largest absolute Gasteiger partial charge is 0.298 e. The summed E-state index contributed by atoms with van der Waals surface area (Å²) in [7, 11) is 0. The smallest absolute Gasteiger partial charge is 0.262 e. The number of carbonyl (C=O) groups excluding carboxylic acids is 4. The standard InChI is InChI=1S/C48H57N3O4S2/c1-3-5-7-9-11-13-14-16-18-20-22-34(21-19-17-15-12-10-8-6-4-2)31-51-47(54)40-28-38(42-25-23-36(29-49)56-42)41(33-53)44-35(32-52)27-39(46(45(40)44)48(51)55)43-26-24-37(30-50)57-43/h23-28,32-34H,3-22,31H2,1-2H3. The van der Waals surface area contributed by atoms with Crippen LogP contribution in [0.3, 0.4) is 0 Å². The summed E-state index contributed by atoms with van der Waals surface area (Å²) < 4.78 is 0. The maximum Gasteiger partial charge on any atom is 0.262 e. The van der Waals surface area contributed by atoms with E-state index in [1.54, 1.807) is 36.4 Å². The topological polar surface area (TPSA) is 119 Å². The number of benzene rings is 2. The van der Waals surface area contributed by atoms with E-state index in [1.165, 1.54) is 117 Å². The molecule has 1 aliphatic rings. The molecule has 0 saturated carbocycles.